The van der Waals surface area contributed by atoms with Crippen molar-refractivity contribution in [1.29, 1.82) is 0 Å². The number of terminal acetylenes is 1. The minimum atomic E-state index is -0.722. The second kappa shape index (κ2) is 7.83. The molecule has 3 rings (SSSR count). The highest BCUT2D eigenvalue weighted by Crippen LogP contribution is 2.22. The van der Waals surface area contributed by atoms with Gasteiger partial charge in [0.1, 0.15) is 11.9 Å². The molecule has 1 aliphatic rings. The van der Waals surface area contributed by atoms with E-state index in [0.29, 0.717) is 18.5 Å². The number of aliphatic hydroxyl groups excluding tert-OH is 1. The molecule has 0 saturated carbocycles. The molecule has 3 N–H and O–H groups in total. The number of amides is 2. The van der Waals surface area contributed by atoms with E-state index in [4.69, 9.17) is 17.3 Å². The summed E-state index contributed by atoms with van der Waals surface area (Å²) in [6.45, 7) is 0.694. The molecule has 0 aliphatic carbocycles. The van der Waals surface area contributed by atoms with Crippen LogP contribution in [0.25, 0.3) is 11.4 Å². The van der Waals surface area contributed by atoms with E-state index in [2.05, 4.69) is 15.3 Å². The fourth-order valence-corrected chi connectivity index (χ4v) is 2.55. The second-order valence-electron chi connectivity index (χ2n) is 5.19. The molecular formula is C16H15FN4O3S. The van der Waals surface area contributed by atoms with Crippen molar-refractivity contribution in [3.05, 3.63) is 34.6 Å². The van der Waals surface area contributed by atoms with E-state index in [-0.39, 0.29) is 22.3 Å². The number of carbonyl (C=O) groups excluding carboxylic acids is 2. The van der Waals surface area contributed by atoms with Crippen LogP contribution in [-0.2, 0) is 4.79 Å². The predicted molar refractivity (Wildman–Crippen MR) is 90.0 cm³/mol. The smallest absolute Gasteiger partial charge is 0.279 e. The van der Waals surface area contributed by atoms with Gasteiger partial charge in [-0.25, -0.2) is 9.37 Å². The van der Waals surface area contributed by atoms with Gasteiger partial charge in [-0.05, 0) is 36.2 Å². The molecule has 1 aromatic carbocycles. The number of aliphatic hydroxyl groups is 1. The maximum Gasteiger partial charge on any atom is 0.279 e. The van der Waals surface area contributed by atoms with Gasteiger partial charge in [0.25, 0.3) is 11.8 Å². The zero-order valence-corrected chi connectivity index (χ0v) is 14.1. The summed E-state index contributed by atoms with van der Waals surface area (Å²) in [5, 5.41) is 8.81. The third kappa shape index (κ3) is 4.37. The zero-order valence-electron chi connectivity index (χ0n) is 13.3. The van der Waals surface area contributed by atoms with Crippen molar-refractivity contribution in [2.45, 2.75) is 12.5 Å². The number of nitrogens with zero attached hydrogens (tertiary/aromatic N) is 3. The van der Waals surface area contributed by atoms with Crippen LogP contribution in [0.3, 0.4) is 0 Å². The van der Waals surface area contributed by atoms with E-state index < -0.39 is 17.8 Å². The number of rotatable bonds is 2. The summed E-state index contributed by atoms with van der Waals surface area (Å²) >= 11 is 0.821. The standard InChI is InChI=1S/C11H6FN3OS.C5H9NO2/c1-2-6-3-4-8(12)7(5-6)10-14-11(9(13)16)17-15-10;1-6-3-2-4(7)5(6)8/h1,3-5H,(H2,13,16);4,7H,2-3H2,1H3/t;4-/m.0/s1. The van der Waals surface area contributed by atoms with Crippen molar-refractivity contribution in [3.63, 3.8) is 0 Å². The molecule has 1 fully saturated rings. The van der Waals surface area contributed by atoms with E-state index in [0.717, 1.165) is 11.5 Å². The number of nitrogens with two attached hydrogens (primary N) is 1. The van der Waals surface area contributed by atoms with E-state index in [9.17, 15) is 14.0 Å². The van der Waals surface area contributed by atoms with E-state index in [1.165, 1.54) is 23.1 Å². The molecule has 130 valence electrons. The summed E-state index contributed by atoms with van der Waals surface area (Å²) in [4.78, 5) is 26.8. The zero-order chi connectivity index (χ0) is 18.6. The molecule has 9 heteroatoms. The van der Waals surface area contributed by atoms with E-state index >= 15 is 0 Å². The number of likely N-dealkylation sites (tertiary alicyclic amines) is 1. The first kappa shape index (κ1) is 18.5. The average molecular weight is 362 g/mol. The van der Waals surface area contributed by atoms with Crippen molar-refractivity contribution in [3.8, 4) is 23.7 Å². The maximum absolute atomic E-state index is 13.5. The molecule has 1 aromatic heterocycles. The molecule has 2 amide bonds. The van der Waals surface area contributed by atoms with Crippen molar-refractivity contribution in [1.82, 2.24) is 14.3 Å². The summed E-state index contributed by atoms with van der Waals surface area (Å²) in [5.74, 6) is 1.15. The lowest BCUT2D eigenvalue weighted by Crippen LogP contribution is -2.24. The molecule has 1 atom stereocenters. The van der Waals surface area contributed by atoms with Crippen molar-refractivity contribution in [2.24, 2.45) is 5.73 Å². The van der Waals surface area contributed by atoms with Crippen LogP contribution in [0.15, 0.2) is 18.2 Å². The van der Waals surface area contributed by atoms with Crippen LogP contribution in [0.1, 0.15) is 21.8 Å². The number of aromatic nitrogens is 2. The molecule has 0 bridgehead atoms. The Morgan fingerprint density at radius 1 is 1.56 bits per heavy atom. The fraction of sp³-hybridized carbons (Fsp3) is 0.250. The van der Waals surface area contributed by atoms with Crippen molar-refractivity contribution in [2.75, 3.05) is 13.6 Å². The van der Waals surface area contributed by atoms with Gasteiger partial charge >= 0.3 is 0 Å². The summed E-state index contributed by atoms with van der Waals surface area (Å²) in [5.41, 5.74) is 5.71. The van der Waals surface area contributed by atoms with Gasteiger partial charge < -0.3 is 15.7 Å². The molecule has 2 heterocycles. The van der Waals surface area contributed by atoms with Gasteiger partial charge in [-0.3, -0.25) is 9.59 Å². The summed E-state index contributed by atoms with van der Waals surface area (Å²) in [6, 6.07) is 4.15. The first-order valence-corrected chi connectivity index (χ1v) is 7.94. The molecule has 7 nitrogen and oxygen atoms in total. The molecule has 2 aromatic rings. The highest BCUT2D eigenvalue weighted by Gasteiger charge is 2.26. The maximum atomic E-state index is 13.5. The molecule has 25 heavy (non-hydrogen) atoms. The average Bonchev–Trinajstić information content (AvgIpc) is 3.19. The molecule has 0 spiro atoms. The highest BCUT2D eigenvalue weighted by molar-refractivity contribution is 7.07. The second-order valence-corrected chi connectivity index (χ2v) is 5.94. The lowest BCUT2D eigenvalue weighted by Gasteiger charge is -2.04. The molecule has 1 saturated heterocycles. The fourth-order valence-electron chi connectivity index (χ4n) is 2.02. The summed E-state index contributed by atoms with van der Waals surface area (Å²) in [7, 11) is 1.69. The number of primary amides is 1. The Labute approximate surface area is 147 Å². The third-order valence-electron chi connectivity index (χ3n) is 3.41. The Morgan fingerprint density at radius 3 is 2.72 bits per heavy atom. The minimum absolute atomic E-state index is 0.0329. The number of hydrogen-bond donors (Lipinski definition) is 2. The van der Waals surface area contributed by atoms with Crippen molar-refractivity contribution < 1.29 is 19.1 Å². The predicted octanol–water partition coefficient (Wildman–Crippen LogP) is 0.634. The van der Waals surface area contributed by atoms with Gasteiger partial charge in [-0.15, -0.1) is 6.42 Å². The van der Waals surface area contributed by atoms with Gasteiger partial charge in [-0.2, -0.15) is 4.37 Å². The number of carbonyl (C=O) groups is 2. The van der Waals surface area contributed by atoms with Gasteiger partial charge in [0.15, 0.2) is 5.82 Å². The van der Waals surface area contributed by atoms with E-state index in [1.54, 1.807) is 7.05 Å². The largest absolute Gasteiger partial charge is 0.383 e. The number of benzene rings is 1. The van der Waals surface area contributed by atoms with Crippen LogP contribution in [0.5, 0.6) is 0 Å². The Morgan fingerprint density at radius 2 is 2.28 bits per heavy atom. The van der Waals surface area contributed by atoms with Crippen LogP contribution in [0.4, 0.5) is 4.39 Å². The lowest BCUT2D eigenvalue weighted by atomic mass is 10.1. The first-order valence-electron chi connectivity index (χ1n) is 7.16. The Kier molecular flexibility index (Phi) is 5.80. The van der Waals surface area contributed by atoms with Gasteiger partial charge in [0.05, 0.1) is 5.56 Å². The number of hydrogen-bond acceptors (Lipinski definition) is 6. The lowest BCUT2D eigenvalue weighted by molar-refractivity contribution is -0.133. The monoisotopic (exact) mass is 362 g/mol. The molecule has 0 unspecified atom stereocenters. The minimum Gasteiger partial charge on any atom is -0.383 e. The highest BCUT2D eigenvalue weighted by atomic mass is 32.1. The van der Waals surface area contributed by atoms with Crippen molar-refractivity contribution >= 4 is 23.3 Å². The number of likely N-dealkylation sites (N-methyl/N-ethyl adjacent to an activating group) is 1. The van der Waals surface area contributed by atoms with Gasteiger partial charge in [-0.1, -0.05) is 5.92 Å². The van der Waals surface area contributed by atoms with Crippen LogP contribution in [0.2, 0.25) is 0 Å². The van der Waals surface area contributed by atoms with Crippen LogP contribution in [0, 0.1) is 18.2 Å². The van der Waals surface area contributed by atoms with Crippen LogP contribution in [-0.4, -0.2) is 50.9 Å². The number of halogens is 1. The molecule has 1 aliphatic heterocycles. The van der Waals surface area contributed by atoms with E-state index in [1.807, 2.05) is 0 Å². The van der Waals surface area contributed by atoms with Crippen LogP contribution >= 0.6 is 11.5 Å². The van der Waals surface area contributed by atoms with Gasteiger partial charge in [0, 0.05) is 19.2 Å². The Balaban J connectivity index is 0.000000236. The quantitative estimate of drug-likeness (QED) is 0.762. The topological polar surface area (TPSA) is 109 Å². The third-order valence-corrected chi connectivity index (χ3v) is 4.14. The molecule has 0 radical (unpaired) electrons. The van der Waals surface area contributed by atoms with Gasteiger partial charge in [0.2, 0.25) is 5.01 Å². The SMILES string of the molecule is C#Cc1ccc(F)c(-c2nsc(C(N)=O)n2)c1.CN1CC[C@H](O)C1=O. The summed E-state index contributed by atoms with van der Waals surface area (Å²) < 4.78 is 17.4. The van der Waals surface area contributed by atoms with Crippen LogP contribution < -0.4 is 5.73 Å². The first-order chi connectivity index (χ1) is 11.8. The molecular weight excluding hydrogens is 347 g/mol. The Bertz CT molecular complexity index is 834. The normalized spacial score (nSPS) is 16.2. The Hall–Kier alpha value is -2.83. The summed E-state index contributed by atoms with van der Waals surface area (Å²) in [6.07, 6.45) is 5.09.